The van der Waals surface area contributed by atoms with Crippen molar-refractivity contribution in [1.29, 1.82) is 5.26 Å². The molecule has 2 rings (SSSR count). The number of hydrogen-bond donors (Lipinski definition) is 0. The van der Waals surface area contributed by atoms with Gasteiger partial charge in [0.2, 0.25) is 0 Å². The van der Waals surface area contributed by atoms with E-state index in [2.05, 4.69) is 5.10 Å². The highest BCUT2D eigenvalue weighted by Crippen LogP contribution is 2.19. The largest absolute Gasteiger partial charge is 0.494 e. The van der Waals surface area contributed by atoms with Crippen LogP contribution in [0.3, 0.4) is 0 Å². The van der Waals surface area contributed by atoms with Crippen LogP contribution in [0.25, 0.3) is 5.69 Å². The minimum atomic E-state index is -0.464. The summed E-state index contributed by atoms with van der Waals surface area (Å²) >= 11 is 0. The summed E-state index contributed by atoms with van der Waals surface area (Å²) in [5.74, 6) is -0.287. The van der Waals surface area contributed by atoms with Gasteiger partial charge in [0, 0.05) is 12.3 Å². The maximum atomic E-state index is 13.4. The third kappa shape index (κ3) is 1.73. The molecule has 4 nitrogen and oxygen atoms in total. The standard InChI is InChI=1S/C11H8FN3O/c1-16-11-3-2-9(4-10(11)12)15-7-8(5-13)6-14-15/h2-4,6-7H,1H3. The third-order valence-corrected chi connectivity index (χ3v) is 2.11. The Morgan fingerprint density at radius 2 is 2.31 bits per heavy atom. The van der Waals surface area contributed by atoms with Crippen LogP contribution in [0.1, 0.15) is 5.56 Å². The predicted octanol–water partition coefficient (Wildman–Crippen LogP) is 1.89. The molecule has 1 aromatic carbocycles. The zero-order valence-corrected chi connectivity index (χ0v) is 8.51. The van der Waals surface area contributed by atoms with E-state index in [-0.39, 0.29) is 5.75 Å². The van der Waals surface area contributed by atoms with Gasteiger partial charge >= 0.3 is 0 Å². The van der Waals surface area contributed by atoms with Crippen LogP contribution in [0.5, 0.6) is 5.75 Å². The average molecular weight is 217 g/mol. The van der Waals surface area contributed by atoms with Gasteiger partial charge in [0.05, 0.1) is 24.6 Å². The second-order valence-corrected chi connectivity index (χ2v) is 3.10. The fourth-order valence-electron chi connectivity index (χ4n) is 1.32. The van der Waals surface area contributed by atoms with Gasteiger partial charge in [-0.1, -0.05) is 0 Å². The van der Waals surface area contributed by atoms with E-state index in [1.807, 2.05) is 6.07 Å². The zero-order chi connectivity index (χ0) is 11.5. The number of halogens is 1. The molecule has 80 valence electrons. The van der Waals surface area contributed by atoms with E-state index in [0.717, 1.165) is 0 Å². The van der Waals surface area contributed by atoms with Crippen molar-refractivity contribution in [3.8, 4) is 17.5 Å². The normalized spacial score (nSPS) is 9.81. The van der Waals surface area contributed by atoms with Crippen LogP contribution >= 0.6 is 0 Å². The molecular weight excluding hydrogens is 209 g/mol. The highest BCUT2D eigenvalue weighted by Gasteiger charge is 2.05. The molecule has 0 saturated carbocycles. The molecule has 0 saturated heterocycles. The summed E-state index contributed by atoms with van der Waals surface area (Å²) in [4.78, 5) is 0. The van der Waals surface area contributed by atoms with Gasteiger partial charge in [-0.2, -0.15) is 10.4 Å². The van der Waals surface area contributed by atoms with Crippen molar-refractivity contribution in [3.05, 3.63) is 42.0 Å². The van der Waals surface area contributed by atoms with E-state index in [1.165, 1.54) is 36.3 Å². The number of ether oxygens (including phenoxy) is 1. The monoisotopic (exact) mass is 217 g/mol. The molecule has 0 unspecified atom stereocenters. The lowest BCUT2D eigenvalue weighted by atomic mass is 10.3. The van der Waals surface area contributed by atoms with Gasteiger partial charge in [-0.05, 0) is 12.1 Å². The molecule has 0 amide bonds. The van der Waals surface area contributed by atoms with E-state index in [1.54, 1.807) is 6.07 Å². The van der Waals surface area contributed by atoms with E-state index in [9.17, 15) is 4.39 Å². The van der Waals surface area contributed by atoms with Crippen LogP contribution in [0, 0.1) is 17.1 Å². The van der Waals surface area contributed by atoms with Crippen molar-refractivity contribution in [2.45, 2.75) is 0 Å². The smallest absolute Gasteiger partial charge is 0.167 e. The van der Waals surface area contributed by atoms with Crippen molar-refractivity contribution in [2.75, 3.05) is 7.11 Å². The highest BCUT2D eigenvalue weighted by atomic mass is 19.1. The molecule has 0 bridgehead atoms. The first kappa shape index (κ1) is 10.2. The first-order valence-electron chi connectivity index (χ1n) is 4.53. The summed E-state index contributed by atoms with van der Waals surface area (Å²) in [5, 5.41) is 12.6. The zero-order valence-electron chi connectivity index (χ0n) is 8.51. The molecule has 5 heteroatoms. The highest BCUT2D eigenvalue weighted by molar-refractivity contribution is 5.39. The van der Waals surface area contributed by atoms with Crippen molar-refractivity contribution in [1.82, 2.24) is 9.78 Å². The van der Waals surface area contributed by atoms with Gasteiger partial charge in [-0.15, -0.1) is 0 Å². The second-order valence-electron chi connectivity index (χ2n) is 3.10. The lowest BCUT2D eigenvalue weighted by Gasteiger charge is -2.04. The van der Waals surface area contributed by atoms with E-state index in [0.29, 0.717) is 11.3 Å². The number of hydrogen-bond acceptors (Lipinski definition) is 3. The van der Waals surface area contributed by atoms with E-state index in [4.69, 9.17) is 10.00 Å². The van der Waals surface area contributed by atoms with Gasteiger partial charge < -0.3 is 4.74 Å². The molecule has 1 aromatic heterocycles. The van der Waals surface area contributed by atoms with Crippen LogP contribution in [0.2, 0.25) is 0 Å². The summed E-state index contributed by atoms with van der Waals surface area (Å²) in [6, 6.07) is 6.43. The van der Waals surface area contributed by atoms with Crippen molar-refractivity contribution >= 4 is 0 Å². The Balaban J connectivity index is 2.42. The van der Waals surface area contributed by atoms with E-state index < -0.39 is 5.82 Å². The average Bonchev–Trinajstić information content (AvgIpc) is 2.77. The molecule has 0 aliphatic rings. The lowest BCUT2D eigenvalue weighted by Crippen LogP contribution is -1.96. The van der Waals surface area contributed by atoms with Crippen molar-refractivity contribution in [2.24, 2.45) is 0 Å². The Morgan fingerprint density at radius 1 is 1.50 bits per heavy atom. The Bertz CT molecular complexity index is 557. The Labute approximate surface area is 91.5 Å². The molecule has 1 heterocycles. The van der Waals surface area contributed by atoms with E-state index >= 15 is 0 Å². The Kier molecular flexibility index (Phi) is 2.56. The number of methoxy groups -OCH3 is 1. The molecule has 0 fully saturated rings. The molecule has 0 N–H and O–H groups in total. The third-order valence-electron chi connectivity index (χ3n) is 2.11. The van der Waals surface area contributed by atoms with Crippen molar-refractivity contribution < 1.29 is 9.13 Å². The van der Waals surface area contributed by atoms with Crippen LogP contribution < -0.4 is 4.74 Å². The maximum Gasteiger partial charge on any atom is 0.167 e. The van der Waals surface area contributed by atoms with Gasteiger partial charge in [0.25, 0.3) is 0 Å². The second kappa shape index (κ2) is 4.03. The molecule has 0 spiro atoms. The van der Waals surface area contributed by atoms with Crippen LogP contribution in [-0.4, -0.2) is 16.9 Å². The summed E-state index contributed by atoms with van der Waals surface area (Å²) in [7, 11) is 1.40. The summed E-state index contributed by atoms with van der Waals surface area (Å²) in [5.41, 5.74) is 0.969. The number of benzene rings is 1. The summed E-state index contributed by atoms with van der Waals surface area (Å²) < 4.78 is 19.6. The number of rotatable bonds is 2. The van der Waals surface area contributed by atoms with Gasteiger partial charge in [0.1, 0.15) is 6.07 Å². The number of nitriles is 1. The molecule has 16 heavy (non-hydrogen) atoms. The summed E-state index contributed by atoms with van der Waals surface area (Å²) in [6.07, 6.45) is 2.95. The predicted molar refractivity (Wildman–Crippen MR) is 54.8 cm³/mol. The van der Waals surface area contributed by atoms with Gasteiger partial charge in [0.15, 0.2) is 11.6 Å². The topological polar surface area (TPSA) is 50.8 Å². The minimum absolute atomic E-state index is 0.177. The Morgan fingerprint density at radius 3 is 2.88 bits per heavy atom. The van der Waals surface area contributed by atoms with Crippen LogP contribution in [-0.2, 0) is 0 Å². The molecule has 0 aliphatic heterocycles. The van der Waals surface area contributed by atoms with Crippen molar-refractivity contribution in [3.63, 3.8) is 0 Å². The molecule has 0 radical (unpaired) electrons. The molecule has 2 aromatic rings. The lowest BCUT2D eigenvalue weighted by molar-refractivity contribution is 0.386. The maximum absolute atomic E-state index is 13.4. The summed E-state index contributed by atoms with van der Waals surface area (Å²) in [6.45, 7) is 0. The fourth-order valence-corrected chi connectivity index (χ4v) is 1.32. The fraction of sp³-hybridized carbons (Fsp3) is 0.0909. The molecular formula is C11H8FN3O. The molecule has 0 aliphatic carbocycles. The van der Waals surface area contributed by atoms with Gasteiger partial charge in [-0.3, -0.25) is 0 Å². The van der Waals surface area contributed by atoms with Crippen LogP contribution in [0.4, 0.5) is 4.39 Å². The minimum Gasteiger partial charge on any atom is -0.494 e. The Hall–Kier alpha value is -2.35. The SMILES string of the molecule is COc1ccc(-n2cc(C#N)cn2)cc1F. The van der Waals surface area contributed by atoms with Crippen LogP contribution in [0.15, 0.2) is 30.6 Å². The van der Waals surface area contributed by atoms with Gasteiger partial charge in [-0.25, -0.2) is 9.07 Å². The number of nitrogens with zero attached hydrogens (tertiary/aromatic N) is 3. The first-order valence-corrected chi connectivity index (χ1v) is 4.53. The first-order chi connectivity index (χ1) is 7.74. The quantitative estimate of drug-likeness (QED) is 0.771. The number of aromatic nitrogens is 2. The molecule has 0 atom stereocenters.